The van der Waals surface area contributed by atoms with Crippen LogP contribution in [0.25, 0.3) is 0 Å². The minimum Gasteiger partial charge on any atom is -0.478 e. The highest BCUT2D eigenvalue weighted by Gasteiger charge is 2.75. The van der Waals surface area contributed by atoms with Crippen molar-refractivity contribution in [3.05, 3.63) is 29.8 Å². The number of carbonyl (C=O) groups is 1. The van der Waals surface area contributed by atoms with Crippen LogP contribution in [0.4, 0.5) is 8.78 Å². The highest BCUT2D eigenvalue weighted by molar-refractivity contribution is 5.76. The standard InChI is InChI=1S/C15H18F2O3/c1-13(2)11(15(13,16)17)9-5-7-10(8-6-9)20-14(3,4)12(18)19/h5-8,11H,1-4H3,(H,18,19). The summed E-state index contributed by atoms with van der Waals surface area (Å²) in [4.78, 5) is 11.0. The molecule has 3 nitrogen and oxygen atoms in total. The van der Waals surface area contributed by atoms with E-state index in [1.807, 2.05) is 0 Å². The molecule has 1 N–H and O–H groups in total. The summed E-state index contributed by atoms with van der Waals surface area (Å²) in [6, 6.07) is 6.20. The molecule has 2 rings (SSSR count). The van der Waals surface area contributed by atoms with Crippen molar-refractivity contribution in [2.75, 3.05) is 0 Å². The second-order valence-electron chi connectivity index (χ2n) is 6.26. The molecule has 0 bridgehead atoms. The number of alkyl halides is 2. The first-order chi connectivity index (χ1) is 9.00. The molecule has 0 amide bonds. The molecule has 1 aliphatic rings. The minimum absolute atomic E-state index is 0.350. The van der Waals surface area contributed by atoms with Gasteiger partial charge in [-0.3, -0.25) is 0 Å². The number of halogens is 2. The summed E-state index contributed by atoms with van der Waals surface area (Å²) in [5.74, 6) is -4.23. The molecule has 0 aliphatic heterocycles. The maximum Gasteiger partial charge on any atom is 0.347 e. The molecule has 1 atom stereocenters. The Labute approximate surface area is 116 Å². The summed E-state index contributed by atoms with van der Waals surface area (Å²) in [6.07, 6.45) is 0. The zero-order valence-corrected chi connectivity index (χ0v) is 11.9. The highest BCUT2D eigenvalue weighted by atomic mass is 19.3. The third-order valence-electron chi connectivity index (χ3n) is 3.96. The second kappa shape index (κ2) is 4.17. The lowest BCUT2D eigenvalue weighted by atomic mass is 10.0. The first kappa shape index (κ1) is 14.8. The fourth-order valence-corrected chi connectivity index (χ4v) is 2.35. The summed E-state index contributed by atoms with van der Waals surface area (Å²) in [5.41, 5.74) is -1.85. The van der Waals surface area contributed by atoms with Gasteiger partial charge in [-0.2, -0.15) is 0 Å². The van der Waals surface area contributed by atoms with Gasteiger partial charge in [-0.15, -0.1) is 0 Å². The SMILES string of the molecule is CC(C)(Oc1ccc(C2C(C)(C)C2(F)F)cc1)C(=O)O. The van der Waals surface area contributed by atoms with Gasteiger partial charge >= 0.3 is 5.97 Å². The predicted octanol–water partition coefficient (Wildman–Crippen LogP) is 3.69. The van der Waals surface area contributed by atoms with E-state index in [1.54, 1.807) is 12.1 Å². The van der Waals surface area contributed by atoms with E-state index in [0.29, 0.717) is 11.3 Å². The van der Waals surface area contributed by atoms with Crippen LogP contribution in [-0.2, 0) is 4.79 Å². The number of aliphatic carboxylic acids is 1. The van der Waals surface area contributed by atoms with Gasteiger partial charge in [0.15, 0.2) is 5.60 Å². The molecule has 0 spiro atoms. The third-order valence-corrected chi connectivity index (χ3v) is 3.96. The van der Waals surface area contributed by atoms with Crippen LogP contribution in [0.5, 0.6) is 5.75 Å². The van der Waals surface area contributed by atoms with Crippen molar-refractivity contribution in [3.8, 4) is 5.75 Å². The van der Waals surface area contributed by atoms with E-state index >= 15 is 0 Å². The Kier molecular flexibility index (Phi) is 3.08. The molecule has 0 radical (unpaired) electrons. The number of carboxylic acids is 1. The summed E-state index contributed by atoms with van der Waals surface area (Å²) in [7, 11) is 0. The molecule has 1 aromatic rings. The number of hydrogen-bond donors (Lipinski definition) is 1. The maximum absolute atomic E-state index is 13.6. The number of ether oxygens (including phenoxy) is 1. The van der Waals surface area contributed by atoms with Crippen LogP contribution in [0.1, 0.15) is 39.2 Å². The van der Waals surface area contributed by atoms with Crippen LogP contribution < -0.4 is 4.74 Å². The smallest absolute Gasteiger partial charge is 0.347 e. The van der Waals surface area contributed by atoms with Gasteiger partial charge in [-0.25, -0.2) is 13.6 Å². The fraction of sp³-hybridized carbons (Fsp3) is 0.533. The first-order valence-corrected chi connectivity index (χ1v) is 6.40. The lowest BCUT2D eigenvalue weighted by molar-refractivity contribution is -0.152. The van der Waals surface area contributed by atoms with Crippen LogP contribution in [-0.4, -0.2) is 22.6 Å². The van der Waals surface area contributed by atoms with Crippen LogP contribution in [0.3, 0.4) is 0 Å². The summed E-state index contributed by atoms with van der Waals surface area (Å²) >= 11 is 0. The van der Waals surface area contributed by atoms with Gasteiger partial charge in [-0.05, 0) is 31.5 Å². The van der Waals surface area contributed by atoms with E-state index in [-0.39, 0.29) is 0 Å². The molecule has 1 saturated carbocycles. The molecule has 5 heteroatoms. The largest absolute Gasteiger partial charge is 0.478 e. The Morgan fingerprint density at radius 3 is 2.05 bits per heavy atom. The Morgan fingerprint density at radius 2 is 1.70 bits per heavy atom. The average Bonchev–Trinajstić information content (AvgIpc) is 2.70. The quantitative estimate of drug-likeness (QED) is 0.917. The number of benzene rings is 1. The summed E-state index contributed by atoms with van der Waals surface area (Å²) < 4.78 is 32.6. The van der Waals surface area contributed by atoms with Crippen LogP contribution in [0.15, 0.2) is 24.3 Å². The molecular formula is C15H18F2O3. The van der Waals surface area contributed by atoms with Crippen molar-refractivity contribution >= 4 is 5.97 Å². The molecular weight excluding hydrogens is 266 g/mol. The topological polar surface area (TPSA) is 46.5 Å². The molecule has 1 unspecified atom stereocenters. The molecule has 20 heavy (non-hydrogen) atoms. The zero-order chi connectivity index (χ0) is 15.3. The maximum atomic E-state index is 13.6. The fourth-order valence-electron chi connectivity index (χ4n) is 2.35. The van der Waals surface area contributed by atoms with Crippen molar-refractivity contribution in [3.63, 3.8) is 0 Å². The van der Waals surface area contributed by atoms with Gasteiger partial charge in [0.1, 0.15) is 5.75 Å². The average molecular weight is 284 g/mol. The lowest BCUT2D eigenvalue weighted by Crippen LogP contribution is -2.37. The number of rotatable bonds is 4. The minimum atomic E-state index is -2.70. The van der Waals surface area contributed by atoms with Gasteiger partial charge in [0.2, 0.25) is 0 Å². The Bertz CT molecular complexity index is 519. The molecule has 1 aliphatic carbocycles. The van der Waals surface area contributed by atoms with E-state index < -0.39 is 28.8 Å². The van der Waals surface area contributed by atoms with Gasteiger partial charge in [0, 0.05) is 5.41 Å². The van der Waals surface area contributed by atoms with Crippen LogP contribution in [0, 0.1) is 5.41 Å². The van der Waals surface area contributed by atoms with E-state index in [9.17, 15) is 13.6 Å². The van der Waals surface area contributed by atoms with Crippen molar-refractivity contribution < 1.29 is 23.4 Å². The highest BCUT2D eigenvalue weighted by Crippen LogP contribution is 2.70. The van der Waals surface area contributed by atoms with Crippen molar-refractivity contribution in [2.45, 2.75) is 45.1 Å². The van der Waals surface area contributed by atoms with Gasteiger partial charge in [-0.1, -0.05) is 26.0 Å². The van der Waals surface area contributed by atoms with Crippen molar-refractivity contribution in [1.82, 2.24) is 0 Å². The molecule has 1 fully saturated rings. The lowest BCUT2D eigenvalue weighted by Gasteiger charge is -2.21. The molecule has 0 heterocycles. The Morgan fingerprint density at radius 1 is 1.25 bits per heavy atom. The zero-order valence-electron chi connectivity index (χ0n) is 11.9. The van der Waals surface area contributed by atoms with E-state index in [0.717, 1.165) is 0 Å². The van der Waals surface area contributed by atoms with E-state index in [4.69, 9.17) is 9.84 Å². The number of hydrogen-bond acceptors (Lipinski definition) is 2. The van der Waals surface area contributed by atoms with E-state index in [2.05, 4.69) is 0 Å². The van der Waals surface area contributed by atoms with Crippen LogP contribution in [0.2, 0.25) is 0 Å². The molecule has 0 aromatic heterocycles. The van der Waals surface area contributed by atoms with Crippen LogP contribution >= 0.6 is 0 Å². The Hall–Kier alpha value is -1.65. The first-order valence-electron chi connectivity index (χ1n) is 6.40. The van der Waals surface area contributed by atoms with Crippen molar-refractivity contribution in [2.24, 2.45) is 5.41 Å². The molecule has 110 valence electrons. The Balaban J connectivity index is 2.15. The van der Waals surface area contributed by atoms with Gasteiger partial charge < -0.3 is 9.84 Å². The third kappa shape index (κ3) is 2.15. The second-order valence-corrected chi connectivity index (χ2v) is 6.26. The summed E-state index contributed by atoms with van der Waals surface area (Å²) in [6.45, 7) is 5.94. The van der Waals surface area contributed by atoms with Gasteiger partial charge in [0.05, 0.1) is 5.92 Å². The molecule has 0 saturated heterocycles. The monoisotopic (exact) mass is 284 g/mol. The van der Waals surface area contributed by atoms with Crippen molar-refractivity contribution in [1.29, 1.82) is 0 Å². The summed E-state index contributed by atoms with van der Waals surface area (Å²) in [5, 5.41) is 8.97. The number of carboxylic acid groups (broad SMARTS) is 1. The predicted molar refractivity (Wildman–Crippen MR) is 70.3 cm³/mol. The van der Waals surface area contributed by atoms with Gasteiger partial charge in [0.25, 0.3) is 5.92 Å². The van der Waals surface area contributed by atoms with E-state index in [1.165, 1.54) is 39.8 Å². The molecule has 1 aromatic carbocycles. The normalized spacial score (nSPS) is 23.2.